The molecule has 3 N–H and O–H groups in total. The van der Waals surface area contributed by atoms with Gasteiger partial charge in [0, 0.05) is 0 Å². The number of nitrogens with one attached hydrogen (secondary N) is 2. The zero-order valence-electron chi connectivity index (χ0n) is 14.0. The summed E-state index contributed by atoms with van der Waals surface area (Å²) in [6, 6.07) is 13.3. The Hall–Kier alpha value is -2.95. The Kier molecular flexibility index (Phi) is 5.40. The summed E-state index contributed by atoms with van der Waals surface area (Å²) in [5.41, 5.74) is 1.40. The van der Waals surface area contributed by atoms with Crippen molar-refractivity contribution in [3.63, 3.8) is 0 Å². The van der Waals surface area contributed by atoms with Gasteiger partial charge in [0.2, 0.25) is 15.9 Å². The van der Waals surface area contributed by atoms with Gasteiger partial charge in [0.25, 0.3) is 5.91 Å². The fraction of sp³-hybridized carbons (Fsp3) is 0.176. The maximum atomic E-state index is 12.9. The van der Waals surface area contributed by atoms with Gasteiger partial charge in [-0.2, -0.15) is 4.31 Å². The number of carbonyl (C=O) groups is 2. The number of hydrogen-bond acceptors (Lipinski definition) is 6. The monoisotopic (exact) mass is 391 g/mol. The van der Waals surface area contributed by atoms with Gasteiger partial charge in [0.1, 0.15) is 17.5 Å². The van der Waals surface area contributed by atoms with E-state index in [1.54, 1.807) is 12.1 Å². The topological polar surface area (TPSA) is 125 Å². The number of para-hydroxylation sites is 1. The normalized spacial score (nSPS) is 17.8. The Morgan fingerprint density at radius 2 is 1.74 bits per heavy atom. The van der Waals surface area contributed by atoms with Crippen LogP contribution in [0.1, 0.15) is 6.42 Å². The quantitative estimate of drug-likeness (QED) is 0.512. The van der Waals surface area contributed by atoms with E-state index in [9.17, 15) is 18.0 Å². The van der Waals surface area contributed by atoms with E-state index in [-0.39, 0.29) is 18.0 Å². The summed E-state index contributed by atoms with van der Waals surface area (Å²) in [6.07, 6.45) is -0.388. The SMILES string of the molecule is O=C1CC(C(=O)NO)N(S(=O)(=O)c2ccc(Oc3ccccc3)cc2)CN1. The fourth-order valence-corrected chi connectivity index (χ4v) is 4.11. The molecule has 0 saturated carbocycles. The van der Waals surface area contributed by atoms with Gasteiger partial charge in [-0.25, -0.2) is 13.9 Å². The van der Waals surface area contributed by atoms with Gasteiger partial charge in [0.05, 0.1) is 18.0 Å². The molecular weight excluding hydrogens is 374 g/mol. The Bertz CT molecular complexity index is 931. The molecule has 27 heavy (non-hydrogen) atoms. The molecule has 10 heteroatoms. The third-order valence-corrected chi connectivity index (χ3v) is 5.85. The van der Waals surface area contributed by atoms with E-state index in [1.165, 1.54) is 29.7 Å². The molecule has 3 rings (SSSR count). The molecule has 1 atom stereocenters. The molecule has 1 aliphatic rings. The number of sulfonamides is 1. The molecule has 0 bridgehead atoms. The molecule has 0 radical (unpaired) electrons. The second kappa shape index (κ2) is 7.74. The minimum absolute atomic E-state index is 0.0743. The average Bonchev–Trinajstić information content (AvgIpc) is 2.68. The smallest absolute Gasteiger partial charge is 0.262 e. The number of nitrogens with zero attached hydrogens (tertiary/aromatic N) is 1. The van der Waals surface area contributed by atoms with Crippen molar-refractivity contribution in [2.24, 2.45) is 0 Å². The first-order valence-corrected chi connectivity index (χ1v) is 9.41. The highest BCUT2D eigenvalue weighted by atomic mass is 32.2. The molecule has 142 valence electrons. The number of carbonyl (C=O) groups excluding carboxylic acids is 2. The van der Waals surface area contributed by atoms with E-state index in [4.69, 9.17) is 9.94 Å². The van der Waals surface area contributed by atoms with Crippen LogP contribution < -0.4 is 15.5 Å². The molecule has 1 aliphatic heterocycles. The van der Waals surface area contributed by atoms with Crippen molar-refractivity contribution < 1.29 is 28.0 Å². The van der Waals surface area contributed by atoms with Gasteiger partial charge in [-0.1, -0.05) is 18.2 Å². The van der Waals surface area contributed by atoms with Crippen LogP contribution >= 0.6 is 0 Å². The van der Waals surface area contributed by atoms with Crippen LogP contribution in [0.2, 0.25) is 0 Å². The summed E-state index contributed by atoms with van der Waals surface area (Å²) in [6.45, 7) is -0.373. The van der Waals surface area contributed by atoms with E-state index in [1.807, 2.05) is 18.2 Å². The van der Waals surface area contributed by atoms with Crippen LogP contribution in [0, 0.1) is 0 Å². The molecule has 0 spiro atoms. The molecule has 9 nitrogen and oxygen atoms in total. The number of rotatable bonds is 5. The maximum absolute atomic E-state index is 12.9. The van der Waals surface area contributed by atoms with Gasteiger partial charge in [-0.15, -0.1) is 0 Å². The average molecular weight is 391 g/mol. The van der Waals surface area contributed by atoms with E-state index in [0.29, 0.717) is 11.5 Å². The Morgan fingerprint density at radius 1 is 1.11 bits per heavy atom. The number of hydrogen-bond donors (Lipinski definition) is 3. The number of benzene rings is 2. The van der Waals surface area contributed by atoms with Crippen LogP contribution in [0.25, 0.3) is 0 Å². The Balaban J connectivity index is 1.83. The van der Waals surface area contributed by atoms with Crippen LogP contribution in [0.4, 0.5) is 0 Å². The third kappa shape index (κ3) is 4.08. The molecule has 2 aromatic carbocycles. The summed E-state index contributed by atoms with van der Waals surface area (Å²) in [7, 11) is -4.09. The first kappa shape index (κ1) is 18.8. The summed E-state index contributed by atoms with van der Waals surface area (Å²) < 4.78 is 32.2. The number of ether oxygens (including phenoxy) is 1. The summed E-state index contributed by atoms with van der Waals surface area (Å²) in [5, 5.41) is 11.2. The van der Waals surface area contributed by atoms with Crippen molar-refractivity contribution >= 4 is 21.8 Å². The lowest BCUT2D eigenvalue weighted by Crippen LogP contribution is -2.58. The molecule has 2 aromatic rings. The minimum atomic E-state index is -4.09. The van der Waals surface area contributed by atoms with E-state index < -0.39 is 27.9 Å². The summed E-state index contributed by atoms with van der Waals surface area (Å²) in [4.78, 5) is 23.2. The Morgan fingerprint density at radius 3 is 2.37 bits per heavy atom. The number of hydroxylamine groups is 1. The lowest BCUT2D eigenvalue weighted by molar-refractivity contribution is -0.138. The first-order chi connectivity index (χ1) is 12.9. The van der Waals surface area contributed by atoms with E-state index in [2.05, 4.69) is 5.32 Å². The van der Waals surface area contributed by atoms with Crippen molar-refractivity contribution in [3.05, 3.63) is 54.6 Å². The molecule has 0 aromatic heterocycles. The third-order valence-electron chi connectivity index (χ3n) is 3.98. The zero-order valence-corrected chi connectivity index (χ0v) is 14.8. The molecule has 1 unspecified atom stereocenters. The van der Waals surface area contributed by atoms with Gasteiger partial charge in [-0.3, -0.25) is 14.8 Å². The van der Waals surface area contributed by atoms with Crippen LogP contribution in [-0.4, -0.2) is 42.5 Å². The van der Waals surface area contributed by atoms with Crippen molar-refractivity contribution in [3.8, 4) is 11.5 Å². The first-order valence-electron chi connectivity index (χ1n) is 7.97. The predicted octanol–water partition coefficient (Wildman–Crippen LogP) is 0.821. The van der Waals surface area contributed by atoms with Crippen LogP contribution in [-0.2, 0) is 19.6 Å². The fourth-order valence-electron chi connectivity index (χ4n) is 2.62. The minimum Gasteiger partial charge on any atom is -0.457 e. The van der Waals surface area contributed by atoms with E-state index >= 15 is 0 Å². The second-order valence-electron chi connectivity index (χ2n) is 5.73. The standard InChI is InChI=1S/C17H17N3O6S/c21-16-10-15(17(22)19-23)20(11-18-16)27(24,25)14-8-6-13(7-9-14)26-12-4-2-1-3-5-12/h1-9,15,23H,10-11H2,(H,18,21)(H,19,22). The second-order valence-corrected chi connectivity index (χ2v) is 7.62. The van der Waals surface area contributed by atoms with Crippen molar-refractivity contribution in [2.75, 3.05) is 6.67 Å². The maximum Gasteiger partial charge on any atom is 0.262 e. The highest BCUT2D eigenvalue weighted by Crippen LogP contribution is 2.26. The molecule has 0 aliphatic carbocycles. The molecule has 1 saturated heterocycles. The van der Waals surface area contributed by atoms with Crippen LogP contribution in [0.15, 0.2) is 59.5 Å². The molecular formula is C17H17N3O6S. The lowest BCUT2D eigenvalue weighted by atomic mass is 10.1. The zero-order chi connectivity index (χ0) is 19.4. The number of amides is 2. The molecule has 1 fully saturated rings. The largest absolute Gasteiger partial charge is 0.457 e. The molecule has 1 heterocycles. The Labute approximate surface area is 155 Å². The van der Waals surface area contributed by atoms with Crippen molar-refractivity contribution in [1.82, 2.24) is 15.1 Å². The van der Waals surface area contributed by atoms with E-state index in [0.717, 1.165) is 4.31 Å². The van der Waals surface area contributed by atoms with Crippen molar-refractivity contribution in [2.45, 2.75) is 17.4 Å². The van der Waals surface area contributed by atoms with Gasteiger partial charge >= 0.3 is 0 Å². The highest BCUT2D eigenvalue weighted by Gasteiger charge is 2.40. The van der Waals surface area contributed by atoms with Gasteiger partial charge in [-0.05, 0) is 36.4 Å². The van der Waals surface area contributed by atoms with Crippen molar-refractivity contribution in [1.29, 1.82) is 0 Å². The van der Waals surface area contributed by atoms with Crippen LogP contribution in [0.3, 0.4) is 0 Å². The lowest BCUT2D eigenvalue weighted by Gasteiger charge is -2.32. The molecule has 2 amide bonds. The van der Waals surface area contributed by atoms with Crippen LogP contribution in [0.5, 0.6) is 11.5 Å². The highest BCUT2D eigenvalue weighted by molar-refractivity contribution is 7.89. The summed E-state index contributed by atoms with van der Waals surface area (Å²) >= 11 is 0. The van der Waals surface area contributed by atoms with Gasteiger partial charge in [0.15, 0.2) is 0 Å². The predicted molar refractivity (Wildman–Crippen MR) is 93.3 cm³/mol. The summed E-state index contributed by atoms with van der Waals surface area (Å²) in [5.74, 6) is -0.414. The van der Waals surface area contributed by atoms with Gasteiger partial charge < -0.3 is 10.1 Å².